The van der Waals surface area contributed by atoms with Crippen LogP contribution in [-0.2, 0) is 16.6 Å². The topological polar surface area (TPSA) is 61.4 Å². The zero-order valence-electron chi connectivity index (χ0n) is 12.2. The average Bonchev–Trinajstić information content (AvgIpc) is 2.25. The Labute approximate surface area is 116 Å². The highest BCUT2D eigenvalue weighted by atomic mass is 32.2. The van der Waals surface area contributed by atoms with E-state index in [1.807, 2.05) is 26.8 Å². The first kappa shape index (κ1) is 16.1. The molecule has 0 aliphatic heterocycles. The minimum absolute atomic E-state index is 0.333. The molecule has 0 aliphatic rings. The fourth-order valence-corrected chi connectivity index (χ4v) is 3.26. The molecule has 0 unspecified atom stereocenters. The Hall–Kier alpha value is -0.950. The molecule has 0 atom stereocenters. The van der Waals surface area contributed by atoms with Gasteiger partial charge in [-0.05, 0) is 43.1 Å². The first-order valence-corrected chi connectivity index (χ1v) is 7.77. The van der Waals surface area contributed by atoms with Crippen LogP contribution in [0.25, 0.3) is 0 Å². The van der Waals surface area contributed by atoms with Gasteiger partial charge in [-0.3, -0.25) is 0 Å². The Morgan fingerprint density at radius 2 is 1.79 bits per heavy atom. The largest absolute Gasteiger partial charge is 0.313 e. The fourth-order valence-electron chi connectivity index (χ4n) is 1.90. The van der Waals surface area contributed by atoms with E-state index in [1.165, 1.54) is 5.01 Å². The SMILES string of the molecule is CCNCc1cc(S(=O)(=O)NN(C)C)c(C)cc1C. The molecule has 108 valence electrons. The van der Waals surface area contributed by atoms with Gasteiger partial charge in [-0.1, -0.05) is 13.0 Å². The summed E-state index contributed by atoms with van der Waals surface area (Å²) in [5.41, 5.74) is 2.86. The molecule has 2 N–H and O–H groups in total. The highest BCUT2D eigenvalue weighted by Gasteiger charge is 2.19. The van der Waals surface area contributed by atoms with Crippen molar-refractivity contribution in [3.05, 3.63) is 28.8 Å². The average molecular weight is 285 g/mol. The number of nitrogens with one attached hydrogen (secondary N) is 2. The molecule has 1 rings (SSSR count). The number of benzene rings is 1. The van der Waals surface area contributed by atoms with Crippen molar-refractivity contribution >= 4 is 10.0 Å². The van der Waals surface area contributed by atoms with Gasteiger partial charge >= 0.3 is 0 Å². The molecule has 0 saturated carbocycles. The number of hydrogen-bond donors (Lipinski definition) is 2. The molecule has 19 heavy (non-hydrogen) atoms. The molecule has 0 aromatic heterocycles. The lowest BCUT2D eigenvalue weighted by Gasteiger charge is -2.16. The number of sulfonamides is 1. The predicted molar refractivity (Wildman–Crippen MR) is 77.3 cm³/mol. The van der Waals surface area contributed by atoms with Crippen LogP contribution in [0.4, 0.5) is 0 Å². The second kappa shape index (κ2) is 6.47. The summed E-state index contributed by atoms with van der Waals surface area (Å²) in [6.45, 7) is 7.36. The van der Waals surface area contributed by atoms with E-state index in [9.17, 15) is 8.42 Å². The van der Waals surface area contributed by atoms with Crippen molar-refractivity contribution in [1.82, 2.24) is 15.2 Å². The monoisotopic (exact) mass is 285 g/mol. The van der Waals surface area contributed by atoms with Crippen LogP contribution in [0.2, 0.25) is 0 Å². The standard InChI is InChI=1S/C13H23N3O2S/c1-6-14-9-12-8-13(11(3)7-10(12)2)19(17,18)15-16(4)5/h7-8,14-15H,6,9H2,1-5H3. The Kier molecular flexibility index (Phi) is 5.49. The van der Waals surface area contributed by atoms with E-state index in [2.05, 4.69) is 10.1 Å². The first-order chi connectivity index (χ1) is 8.77. The quantitative estimate of drug-likeness (QED) is 0.770. The summed E-state index contributed by atoms with van der Waals surface area (Å²) in [5, 5.41) is 4.65. The minimum atomic E-state index is -3.51. The smallest absolute Gasteiger partial charge is 0.253 e. The van der Waals surface area contributed by atoms with Crippen LogP contribution in [0.1, 0.15) is 23.6 Å². The Bertz CT molecular complexity index is 539. The van der Waals surface area contributed by atoms with Gasteiger partial charge in [0.05, 0.1) is 4.90 Å². The zero-order chi connectivity index (χ0) is 14.6. The van der Waals surface area contributed by atoms with Gasteiger partial charge in [0.2, 0.25) is 0 Å². The third-order valence-corrected chi connectivity index (χ3v) is 4.42. The highest BCUT2D eigenvalue weighted by Crippen LogP contribution is 2.20. The van der Waals surface area contributed by atoms with E-state index >= 15 is 0 Å². The Balaban J connectivity index is 3.20. The van der Waals surface area contributed by atoms with Gasteiger partial charge in [0, 0.05) is 20.6 Å². The molecule has 1 aromatic rings. The summed E-state index contributed by atoms with van der Waals surface area (Å²) in [5.74, 6) is 0. The van der Waals surface area contributed by atoms with Crippen molar-refractivity contribution in [3.8, 4) is 0 Å². The third-order valence-electron chi connectivity index (χ3n) is 2.79. The van der Waals surface area contributed by atoms with Crippen LogP contribution in [0.3, 0.4) is 0 Å². The first-order valence-electron chi connectivity index (χ1n) is 6.28. The van der Waals surface area contributed by atoms with Crippen molar-refractivity contribution in [3.63, 3.8) is 0 Å². The molecular weight excluding hydrogens is 262 g/mol. The Morgan fingerprint density at radius 3 is 2.32 bits per heavy atom. The van der Waals surface area contributed by atoms with Gasteiger partial charge < -0.3 is 5.32 Å². The lowest BCUT2D eigenvalue weighted by atomic mass is 10.1. The second-order valence-corrected chi connectivity index (χ2v) is 6.44. The zero-order valence-corrected chi connectivity index (χ0v) is 13.1. The van der Waals surface area contributed by atoms with Crippen LogP contribution in [-0.4, -0.2) is 34.1 Å². The van der Waals surface area contributed by atoms with Crippen molar-refractivity contribution in [2.45, 2.75) is 32.2 Å². The highest BCUT2D eigenvalue weighted by molar-refractivity contribution is 7.89. The van der Waals surface area contributed by atoms with Crippen molar-refractivity contribution in [1.29, 1.82) is 0 Å². The molecule has 6 heteroatoms. The predicted octanol–water partition coefficient (Wildman–Crippen LogP) is 1.17. The van der Waals surface area contributed by atoms with E-state index in [0.29, 0.717) is 11.4 Å². The van der Waals surface area contributed by atoms with Gasteiger partial charge in [0.25, 0.3) is 10.0 Å². The number of aryl methyl sites for hydroxylation is 2. The van der Waals surface area contributed by atoms with Gasteiger partial charge in [0.1, 0.15) is 0 Å². The molecule has 0 radical (unpaired) electrons. The lowest BCUT2D eigenvalue weighted by molar-refractivity contribution is 0.364. The van der Waals surface area contributed by atoms with Crippen molar-refractivity contribution in [2.75, 3.05) is 20.6 Å². The van der Waals surface area contributed by atoms with E-state index in [4.69, 9.17) is 0 Å². The molecular formula is C13H23N3O2S. The number of hydrogen-bond acceptors (Lipinski definition) is 4. The van der Waals surface area contributed by atoms with E-state index in [-0.39, 0.29) is 0 Å². The van der Waals surface area contributed by atoms with Crippen LogP contribution >= 0.6 is 0 Å². The summed E-state index contributed by atoms with van der Waals surface area (Å²) >= 11 is 0. The number of nitrogens with zero attached hydrogens (tertiary/aromatic N) is 1. The van der Waals surface area contributed by atoms with Crippen LogP contribution in [0, 0.1) is 13.8 Å². The number of rotatable bonds is 6. The molecule has 0 amide bonds. The second-order valence-electron chi connectivity index (χ2n) is 4.81. The molecule has 0 fully saturated rings. The van der Waals surface area contributed by atoms with E-state index in [0.717, 1.165) is 23.2 Å². The maximum Gasteiger partial charge on any atom is 0.253 e. The number of hydrazine groups is 1. The molecule has 5 nitrogen and oxygen atoms in total. The maximum absolute atomic E-state index is 12.2. The summed E-state index contributed by atoms with van der Waals surface area (Å²) in [4.78, 5) is 2.80. The van der Waals surface area contributed by atoms with Crippen molar-refractivity contribution < 1.29 is 8.42 Å². The van der Waals surface area contributed by atoms with Crippen molar-refractivity contribution in [2.24, 2.45) is 0 Å². The maximum atomic E-state index is 12.2. The van der Waals surface area contributed by atoms with Crippen LogP contribution in [0.5, 0.6) is 0 Å². The molecule has 0 spiro atoms. The lowest BCUT2D eigenvalue weighted by Crippen LogP contribution is -2.36. The summed E-state index contributed by atoms with van der Waals surface area (Å²) < 4.78 is 24.5. The summed E-state index contributed by atoms with van der Waals surface area (Å²) in [6, 6.07) is 3.66. The fraction of sp³-hybridized carbons (Fsp3) is 0.538. The Morgan fingerprint density at radius 1 is 1.16 bits per heavy atom. The van der Waals surface area contributed by atoms with Gasteiger partial charge in [0.15, 0.2) is 0 Å². The molecule has 0 heterocycles. The van der Waals surface area contributed by atoms with E-state index < -0.39 is 10.0 Å². The molecule has 0 bridgehead atoms. The molecule has 0 aliphatic carbocycles. The third kappa shape index (κ3) is 4.28. The molecule has 0 saturated heterocycles. The van der Waals surface area contributed by atoms with E-state index in [1.54, 1.807) is 20.2 Å². The molecule has 1 aromatic carbocycles. The van der Waals surface area contributed by atoms with Crippen LogP contribution in [0.15, 0.2) is 17.0 Å². The van der Waals surface area contributed by atoms with Gasteiger partial charge in [-0.2, -0.15) is 0 Å². The van der Waals surface area contributed by atoms with Gasteiger partial charge in [-0.25, -0.2) is 13.4 Å². The minimum Gasteiger partial charge on any atom is -0.313 e. The van der Waals surface area contributed by atoms with Crippen LogP contribution < -0.4 is 10.1 Å². The normalized spacial score (nSPS) is 12.1. The van der Waals surface area contributed by atoms with Gasteiger partial charge in [-0.15, -0.1) is 4.83 Å². The summed E-state index contributed by atoms with van der Waals surface area (Å²) in [7, 11) is -0.200. The summed E-state index contributed by atoms with van der Waals surface area (Å²) in [6.07, 6.45) is 0.